The number of hydrogen-bond donors (Lipinski definition) is 0. The molecule has 0 saturated heterocycles. The summed E-state index contributed by atoms with van der Waals surface area (Å²) in [5.41, 5.74) is 2.28. The maximum atomic E-state index is 4.69. The van der Waals surface area contributed by atoms with Gasteiger partial charge in [0.25, 0.3) is 0 Å². The Morgan fingerprint density at radius 3 is 2.73 bits per heavy atom. The van der Waals surface area contributed by atoms with Crippen molar-refractivity contribution in [1.29, 1.82) is 0 Å². The van der Waals surface area contributed by atoms with Gasteiger partial charge in [0.2, 0.25) is 0 Å². The first-order valence-electron chi connectivity index (χ1n) is 5.26. The lowest BCUT2D eigenvalue weighted by Gasteiger charge is -2.11. The zero-order valence-electron chi connectivity index (χ0n) is 8.78. The van der Waals surface area contributed by atoms with Crippen LogP contribution < -0.4 is 0 Å². The highest BCUT2D eigenvalue weighted by atomic mass is 79.9. The lowest BCUT2D eigenvalue weighted by Crippen LogP contribution is -2.01. The van der Waals surface area contributed by atoms with E-state index in [9.17, 15) is 0 Å². The topological polar surface area (TPSA) is 12.9 Å². The molecule has 0 amide bonds. The molecule has 0 bridgehead atoms. The Balaban J connectivity index is 2.46. The second-order valence-electron chi connectivity index (χ2n) is 3.69. The molecule has 0 fully saturated rings. The van der Waals surface area contributed by atoms with Crippen LogP contribution in [0.5, 0.6) is 0 Å². The molecule has 1 unspecified atom stereocenters. The molecule has 78 valence electrons. The van der Waals surface area contributed by atoms with Crippen molar-refractivity contribution in [2.45, 2.75) is 19.3 Å². The first kappa shape index (κ1) is 10.6. The summed E-state index contributed by atoms with van der Waals surface area (Å²) in [7, 11) is 0. The number of pyridine rings is 1. The number of para-hydroxylation sites is 1. The number of alkyl halides is 1. The van der Waals surface area contributed by atoms with Crippen LogP contribution in [0.3, 0.4) is 0 Å². The SMILES string of the molecule is CCC(CBr)c1ccc2ccccc2n1. The summed E-state index contributed by atoms with van der Waals surface area (Å²) in [6.07, 6.45) is 1.12. The van der Waals surface area contributed by atoms with Crippen LogP contribution in [0, 0.1) is 0 Å². The van der Waals surface area contributed by atoms with Gasteiger partial charge in [-0.05, 0) is 18.6 Å². The first-order chi connectivity index (χ1) is 7.35. The summed E-state index contributed by atoms with van der Waals surface area (Å²) in [5, 5.41) is 2.19. The average molecular weight is 264 g/mol. The van der Waals surface area contributed by atoms with Gasteiger partial charge in [-0.2, -0.15) is 0 Å². The van der Waals surface area contributed by atoms with Crippen LogP contribution in [0.25, 0.3) is 10.9 Å². The van der Waals surface area contributed by atoms with E-state index in [1.54, 1.807) is 0 Å². The molecule has 1 atom stereocenters. The number of fused-ring (bicyclic) bond motifs is 1. The highest BCUT2D eigenvalue weighted by molar-refractivity contribution is 9.09. The normalized spacial score (nSPS) is 12.9. The number of aromatic nitrogens is 1. The third kappa shape index (κ3) is 2.20. The van der Waals surface area contributed by atoms with Crippen molar-refractivity contribution < 1.29 is 0 Å². The minimum atomic E-state index is 0.523. The largest absolute Gasteiger partial charge is 0.253 e. The highest BCUT2D eigenvalue weighted by Gasteiger charge is 2.09. The van der Waals surface area contributed by atoms with Gasteiger partial charge in [-0.25, -0.2) is 0 Å². The Kier molecular flexibility index (Phi) is 3.37. The zero-order chi connectivity index (χ0) is 10.7. The summed E-state index contributed by atoms with van der Waals surface area (Å²) in [6, 6.07) is 12.5. The van der Waals surface area contributed by atoms with E-state index < -0.39 is 0 Å². The average Bonchev–Trinajstić information content (AvgIpc) is 2.30. The Hall–Kier alpha value is -0.890. The molecular formula is C13H14BrN. The van der Waals surface area contributed by atoms with Crippen molar-refractivity contribution in [3.63, 3.8) is 0 Å². The molecule has 0 spiro atoms. The van der Waals surface area contributed by atoms with Crippen molar-refractivity contribution >= 4 is 26.8 Å². The molecule has 0 aliphatic rings. The minimum absolute atomic E-state index is 0.523. The van der Waals surface area contributed by atoms with Crippen molar-refractivity contribution in [1.82, 2.24) is 4.98 Å². The molecular weight excluding hydrogens is 250 g/mol. The predicted octanol–water partition coefficient (Wildman–Crippen LogP) is 4.12. The Morgan fingerprint density at radius 2 is 2.00 bits per heavy atom. The molecule has 2 aromatic rings. The molecule has 1 heterocycles. The van der Waals surface area contributed by atoms with Crippen molar-refractivity contribution in [3.8, 4) is 0 Å². The van der Waals surface area contributed by atoms with E-state index in [4.69, 9.17) is 0 Å². The van der Waals surface area contributed by atoms with Crippen LogP contribution >= 0.6 is 15.9 Å². The van der Waals surface area contributed by atoms with Gasteiger partial charge < -0.3 is 0 Å². The second kappa shape index (κ2) is 4.75. The lowest BCUT2D eigenvalue weighted by molar-refractivity contribution is 0.726. The van der Waals surface area contributed by atoms with Gasteiger partial charge in [0.1, 0.15) is 0 Å². The molecule has 2 heteroatoms. The first-order valence-corrected chi connectivity index (χ1v) is 6.39. The molecule has 0 N–H and O–H groups in total. The van der Waals surface area contributed by atoms with Crippen LogP contribution in [0.4, 0.5) is 0 Å². The molecule has 0 aliphatic carbocycles. The minimum Gasteiger partial charge on any atom is -0.253 e. The van der Waals surface area contributed by atoms with Crippen molar-refractivity contribution in [2.24, 2.45) is 0 Å². The quantitative estimate of drug-likeness (QED) is 0.760. The van der Waals surface area contributed by atoms with Gasteiger partial charge in [0, 0.05) is 22.3 Å². The second-order valence-corrected chi connectivity index (χ2v) is 4.34. The number of rotatable bonds is 3. The van der Waals surface area contributed by atoms with E-state index in [1.807, 2.05) is 12.1 Å². The maximum absolute atomic E-state index is 4.69. The van der Waals surface area contributed by atoms with Gasteiger partial charge in [-0.1, -0.05) is 47.1 Å². The van der Waals surface area contributed by atoms with E-state index in [0.717, 1.165) is 17.3 Å². The van der Waals surface area contributed by atoms with Crippen molar-refractivity contribution in [2.75, 3.05) is 5.33 Å². The van der Waals surface area contributed by atoms with E-state index in [-0.39, 0.29) is 0 Å². The van der Waals surface area contributed by atoms with Crippen LogP contribution in [0.15, 0.2) is 36.4 Å². The van der Waals surface area contributed by atoms with Gasteiger partial charge >= 0.3 is 0 Å². The highest BCUT2D eigenvalue weighted by Crippen LogP contribution is 2.22. The Morgan fingerprint density at radius 1 is 1.20 bits per heavy atom. The van der Waals surface area contributed by atoms with Gasteiger partial charge in [0.15, 0.2) is 0 Å². The summed E-state index contributed by atoms with van der Waals surface area (Å²) >= 11 is 3.54. The third-order valence-electron chi connectivity index (χ3n) is 2.72. The van der Waals surface area contributed by atoms with E-state index >= 15 is 0 Å². The number of benzene rings is 1. The van der Waals surface area contributed by atoms with E-state index in [2.05, 4.69) is 52.1 Å². The number of hydrogen-bond acceptors (Lipinski definition) is 1. The van der Waals surface area contributed by atoms with Gasteiger partial charge in [-0.15, -0.1) is 0 Å². The van der Waals surface area contributed by atoms with E-state index in [1.165, 1.54) is 11.1 Å². The monoisotopic (exact) mass is 263 g/mol. The molecule has 0 saturated carbocycles. The smallest absolute Gasteiger partial charge is 0.0705 e. The third-order valence-corrected chi connectivity index (χ3v) is 3.50. The summed E-state index contributed by atoms with van der Waals surface area (Å²) in [4.78, 5) is 4.69. The molecule has 2 rings (SSSR count). The standard InChI is InChI=1S/C13H14BrN/c1-2-10(9-14)13-8-7-11-5-3-4-6-12(11)15-13/h3-8,10H,2,9H2,1H3. The molecule has 0 aliphatic heterocycles. The number of halogens is 1. The van der Waals surface area contributed by atoms with E-state index in [0.29, 0.717) is 5.92 Å². The van der Waals surface area contributed by atoms with Crippen LogP contribution in [0.2, 0.25) is 0 Å². The molecule has 1 aromatic carbocycles. The fourth-order valence-corrected chi connectivity index (χ4v) is 2.50. The summed E-state index contributed by atoms with van der Waals surface area (Å²) < 4.78 is 0. The Bertz CT molecular complexity index is 449. The van der Waals surface area contributed by atoms with Crippen molar-refractivity contribution in [3.05, 3.63) is 42.1 Å². The molecule has 1 aromatic heterocycles. The van der Waals surface area contributed by atoms with Crippen LogP contribution in [-0.4, -0.2) is 10.3 Å². The van der Waals surface area contributed by atoms with Crippen LogP contribution in [0.1, 0.15) is 25.0 Å². The fraction of sp³-hybridized carbons (Fsp3) is 0.308. The predicted molar refractivity (Wildman–Crippen MR) is 68.6 cm³/mol. The summed E-state index contributed by atoms with van der Waals surface area (Å²) in [6.45, 7) is 2.20. The summed E-state index contributed by atoms with van der Waals surface area (Å²) in [5.74, 6) is 0.523. The number of nitrogens with zero attached hydrogens (tertiary/aromatic N) is 1. The zero-order valence-corrected chi connectivity index (χ0v) is 10.4. The van der Waals surface area contributed by atoms with Gasteiger partial charge in [-0.3, -0.25) is 4.98 Å². The van der Waals surface area contributed by atoms with Gasteiger partial charge in [0.05, 0.1) is 5.52 Å². The molecule has 1 nitrogen and oxygen atoms in total. The maximum Gasteiger partial charge on any atom is 0.0705 e. The Labute approximate surface area is 98.7 Å². The lowest BCUT2D eigenvalue weighted by atomic mass is 10.0. The van der Waals surface area contributed by atoms with Crippen LogP contribution in [-0.2, 0) is 0 Å². The fourth-order valence-electron chi connectivity index (χ4n) is 1.71. The molecule has 15 heavy (non-hydrogen) atoms. The molecule has 0 radical (unpaired) electrons.